The van der Waals surface area contributed by atoms with E-state index in [-0.39, 0.29) is 12.3 Å². The number of nitrogens with zero attached hydrogens (tertiary/aromatic N) is 1. The number of sulfonamides is 1. The van der Waals surface area contributed by atoms with Crippen LogP contribution in [0.3, 0.4) is 0 Å². The number of carbonyl (C=O) groups excluding carboxylic acids is 1. The maximum atomic E-state index is 12.6. The van der Waals surface area contributed by atoms with Crippen molar-refractivity contribution in [2.24, 2.45) is 0 Å². The molecule has 0 unspecified atom stereocenters. The average molecular weight is 397 g/mol. The molecule has 2 aromatic carbocycles. The zero-order valence-electron chi connectivity index (χ0n) is 14.1. The molecule has 1 amide bonds. The Morgan fingerprint density at radius 2 is 2.04 bits per heavy atom. The van der Waals surface area contributed by atoms with Crippen LogP contribution in [0.4, 0.5) is 11.4 Å². The monoisotopic (exact) mass is 396 g/mol. The summed E-state index contributed by atoms with van der Waals surface area (Å²) in [4.78, 5) is 12.6. The van der Waals surface area contributed by atoms with E-state index in [1.165, 1.54) is 13.2 Å². The largest absolute Gasteiger partial charge is 0.495 e. The number of rotatable bonds is 4. The quantitative estimate of drug-likeness (QED) is 0.858. The Bertz CT molecular complexity index is 948. The molecule has 1 heterocycles. The lowest BCUT2D eigenvalue weighted by molar-refractivity contribution is -0.122. The third kappa shape index (κ3) is 3.71. The number of carbonyl (C=O) groups is 1. The number of anilines is 2. The first kappa shape index (κ1) is 18.3. The summed E-state index contributed by atoms with van der Waals surface area (Å²) in [5.41, 5.74) is 0.776. The Morgan fingerprint density at radius 3 is 2.73 bits per heavy atom. The molecule has 26 heavy (non-hydrogen) atoms. The minimum atomic E-state index is -3.62. The van der Waals surface area contributed by atoms with E-state index in [1.54, 1.807) is 36.4 Å². The number of para-hydroxylation sites is 2. The van der Waals surface area contributed by atoms with Gasteiger partial charge in [0.2, 0.25) is 10.0 Å². The van der Waals surface area contributed by atoms with E-state index in [0.29, 0.717) is 22.1 Å². The van der Waals surface area contributed by atoms with Crippen LogP contribution in [0.1, 0.15) is 0 Å². The van der Waals surface area contributed by atoms with E-state index in [2.05, 4.69) is 5.32 Å². The first-order valence-corrected chi connectivity index (χ1v) is 9.90. The number of methoxy groups -OCH3 is 1. The average Bonchev–Trinajstić information content (AvgIpc) is 2.60. The first-order valence-electron chi connectivity index (χ1n) is 7.67. The Labute approximate surface area is 156 Å². The second-order valence-corrected chi connectivity index (χ2v) is 8.05. The molecule has 0 bridgehead atoms. The van der Waals surface area contributed by atoms with Gasteiger partial charge >= 0.3 is 0 Å². The number of hydrogen-bond acceptors (Lipinski definition) is 5. The molecule has 0 spiro atoms. The van der Waals surface area contributed by atoms with Gasteiger partial charge in [-0.1, -0.05) is 23.7 Å². The van der Waals surface area contributed by atoms with Gasteiger partial charge in [0.25, 0.3) is 5.91 Å². The molecule has 0 radical (unpaired) electrons. The SMILES string of the molecule is COc1ccccc1NC(=O)[C@H]1CN(S(C)(=O)=O)c2cc(Cl)ccc2O1. The molecule has 138 valence electrons. The van der Waals surface area contributed by atoms with Gasteiger partial charge in [-0.3, -0.25) is 9.10 Å². The molecule has 1 aliphatic rings. The van der Waals surface area contributed by atoms with Gasteiger partial charge < -0.3 is 14.8 Å². The summed E-state index contributed by atoms with van der Waals surface area (Å²) in [6, 6.07) is 11.5. The fourth-order valence-corrected chi connectivity index (χ4v) is 3.71. The van der Waals surface area contributed by atoms with Gasteiger partial charge in [-0.25, -0.2) is 8.42 Å². The van der Waals surface area contributed by atoms with Gasteiger partial charge in [0, 0.05) is 5.02 Å². The summed E-state index contributed by atoms with van der Waals surface area (Å²) >= 11 is 5.96. The van der Waals surface area contributed by atoms with Crippen LogP contribution in [-0.4, -0.2) is 40.3 Å². The Hall–Kier alpha value is -2.45. The normalized spacial score (nSPS) is 16.4. The van der Waals surface area contributed by atoms with E-state index < -0.39 is 22.0 Å². The number of fused-ring (bicyclic) bond motifs is 1. The topological polar surface area (TPSA) is 84.9 Å². The van der Waals surface area contributed by atoms with Crippen LogP contribution in [0.15, 0.2) is 42.5 Å². The molecular formula is C17H17ClN2O5S. The second kappa shape index (κ2) is 7.05. The summed E-state index contributed by atoms with van der Waals surface area (Å²) in [5.74, 6) is 0.277. The van der Waals surface area contributed by atoms with Crippen LogP contribution < -0.4 is 19.1 Å². The van der Waals surface area contributed by atoms with Crippen LogP contribution in [-0.2, 0) is 14.8 Å². The Balaban J connectivity index is 1.90. The zero-order valence-corrected chi connectivity index (χ0v) is 15.7. The number of ether oxygens (including phenoxy) is 2. The molecule has 0 saturated carbocycles. The molecule has 0 saturated heterocycles. The highest BCUT2D eigenvalue weighted by molar-refractivity contribution is 7.92. The highest BCUT2D eigenvalue weighted by Crippen LogP contribution is 2.37. The number of halogens is 1. The van der Waals surface area contributed by atoms with Crippen molar-refractivity contribution >= 4 is 38.9 Å². The summed E-state index contributed by atoms with van der Waals surface area (Å²) in [5, 5.41) is 3.08. The van der Waals surface area contributed by atoms with Gasteiger partial charge in [0.15, 0.2) is 6.10 Å². The van der Waals surface area contributed by atoms with Crippen LogP contribution >= 0.6 is 11.6 Å². The molecule has 0 aliphatic carbocycles. The Kier molecular flexibility index (Phi) is 4.97. The summed E-state index contributed by atoms with van der Waals surface area (Å²) in [6.07, 6.45) is 0.0429. The van der Waals surface area contributed by atoms with Crippen LogP contribution in [0, 0.1) is 0 Å². The first-order chi connectivity index (χ1) is 12.3. The van der Waals surface area contributed by atoms with Crippen molar-refractivity contribution < 1.29 is 22.7 Å². The van der Waals surface area contributed by atoms with E-state index in [4.69, 9.17) is 21.1 Å². The molecule has 2 aromatic rings. The lowest BCUT2D eigenvalue weighted by Gasteiger charge is -2.34. The number of benzene rings is 2. The fraction of sp³-hybridized carbons (Fsp3) is 0.235. The maximum Gasteiger partial charge on any atom is 0.267 e. The van der Waals surface area contributed by atoms with E-state index >= 15 is 0 Å². The number of nitrogens with one attached hydrogen (secondary N) is 1. The van der Waals surface area contributed by atoms with E-state index in [9.17, 15) is 13.2 Å². The molecule has 0 aromatic heterocycles. The minimum Gasteiger partial charge on any atom is -0.495 e. The summed E-state index contributed by atoms with van der Waals surface area (Å²) in [7, 11) is -2.12. The van der Waals surface area contributed by atoms with E-state index in [0.717, 1.165) is 10.6 Å². The molecule has 3 rings (SSSR count). The second-order valence-electron chi connectivity index (χ2n) is 5.70. The van der Waals surface area contributed by atoms with Crippen LogP contribution in [0.5, 0.6) is 11.5 Å². The van der Waals surface area contributed by atoms with Crippen LogP contribution in [0.25, 0.3) is 0 Å². The summed E-state index contributed by atoms with van der Waals surface area (Å²) < 4.78 is 36.3. The molecular weight excluding hydrogens is 380 g/mol. The zero-order chi connectivity index (χ0) is 18.9. The van der Waals surface area contributed by atoms with Crippen molar-refractivity contribution in [2.75, 3.05) is 29.5 Å². The third-order valence-corrected chi connectivity index (χ3v) is 5.23. The summed E-state index contributed by atoms with van der Waals surface area (Å²) in [6.45, 7) is -0.160. The van der Waals surface area contributed by atoms with Gasteiger partial charge in [-0.05, 0) is 30.3 Å². The standard InChI is InChI=1S/C17H17ClN2O5S/c1-24-14-6-4-3-5-12(14)19-17(21)16-10-20(26(2,22)23)13-9-11(18)7-8-15(13)25-16/h3-9,16H,10H2,1-2H3,(H,19,21)/t16-/m1/s1. The maximum absolute atomic E-state index is 12.6. The van der Waals surface area contributed by atoms with Gasteiger partial charge in [0.05, 0.1) is 31.3 Å². The minimum absolute atomic E-state index is 0.160. The van der Waals surface area contributed by atoms with Crippen molar-refractivity contribution in [3.63, 3.8) is 0 Å². The molecule has 9 heteroatoms. The lowest BCUT2D eigenvalue weighted by Crippen LogP contribution is -2.48. The molecule has 1 N–H and O–H groups in total. The highest BCUT2D eigenvalue weighted by Gasteiger charge is 2.35. The molecule has 0 fully saturated rings. The molecule has 1 atom stereocenters. The van der Waals surface area contributed by atoms with Crippen molar-refractivity contribution in [1.29, 1.82) is 0 Å². The third-order valence-electron chi connectivity index (χ3n) is 3.85. The van der Waals surface area contributed by atoms with Crippen molar-refractivity contribution in [1.82, 2.24) is 0 Å². The van der Waals surface area contributed by atoms with Crippen molar-refractivity contribution in [2.45, 2.75) is 6.10 Å². The predicted molar refractivity (Wildman–Crippen MR) is 99.7 cm³/mol. The smallest absolute Gasteiger partial charge is 0.267 e. The van der Waals surface area contributed by atoms with Crippen molar-refractivity contribution in [3.05, 3.63) is 47.5 Å². The van der Waals surface area contributed by atoms with Crippen LogP contribution in [0.2, 0.25) is 5.02 Å². The molecule has 1 aliphatic heterocycles. The van der Waals surface area contributed by atoms with Gasteiger partial charge in [-0.2, -0.15) is 0 Å². The van der Waals surface area contributed by atoms with Gasteiger partial charge in [-0.15, -0.1) is 0 Å². The van der Waals surface area contributed by atoms with Crippen molar-refractivity contribution in [3.8, 4) is 11.5 Å². The predicted octanol–water partition coefficient (Wildman–Crippen LogP) is 2.51. The Morgan fingerprint density at radius 1 is 1.31 bits per heavy atom. The number of hydrogen-bond donors (Lipinski definition) is 1. The lowest BCUT2D eigenvalue weighted by atomic mass is 10.2. The molecule has 7 nitrogen and oxygen atoms in total. The number of amides is 1. The fourth-order valence-electron chi connectivity index (χ4n) is 2.64. The highest BCUT2D eigenvalue weighted by atomic mass is 35.5. The van der Waals surface area contributed by atoms with E-state index in [1.807, 2.05) is 0 Å². The van der Waals surface area contributed by atoms with Gasteiger partial charge in [0.1, 0.15) is 11.5 Å².